The number of hydrogen-bond donors (Lipinski definition) is 1. The van der Waals surface area contributed by atoms with Gasteiger partial charge >= 0.3 is 0 Å². The summed E-state index contributed by atoms with van der Waals surface area (Å²) in [6.45, 7) is 5.41. The van der Waals surface area contributed by atoms with E-state index in [4.69, 9.17) is 22.1 Å². The Kier molecular flexibility index (Phi) is 5.46. The number of amides is 2. The summed E-state index contributed by atoms with van der Waals surface area (Å²) in [7, 11) is 0. The molecule has 0 spiro atoms. The zero-order chi connectivity index (χ0) is 23.1. The molecular weight excluding hydrogens is 438 g/mol. The topological polar surface area (TPSA) is 75.9 Å². The summed E-state index contributed by atoms with van der Waals surface area (Å²) in [6.07, 6.45) is 1.95. The number of benzene rings is 3. The predicted octanol–water partition coefficient (Wildman–Crippen LogP) is 4.36. The molecule has 33 heavy (non-hydrogen) atoms. The molecular formula is C26H24ClN3O3. The third kappa shape index (κ3) is 3.80. The monoisotopic (exact) mass is 461 g/mol. The minimum atomic E-state index is -0.129. The van der Waals surface area contributed by atoms with E-state index in [0.717, 1.165) is 21.9 Å². The first kappa shape index (κ1) is 21.3. The molecule has 2 aliphatic rings. The van der Waals surface area contributed by atoms with Crippen LogP contribution >= 0.6 is 11.6 Å². The van der Waals surface area contributed by atoms with Crippen LogP contribution in [-0.4, -0.2) is 53.9 Å². The predicted molar refractivity (Wildman–Crippen MR) is 131 cm³/mol. The highest BCUT2D eigenvalue weighted by molar-refractivity contribution is 6.34. The Balaban J connectivity index is 1.54. The molecule has 2 N–H and O–H groups in total. The van der Waals surface area contributed by atoms with E-state index in [-0.39, 0.29) is 17.9 Å². The van der Waals surface area contributed by atoms with Crippen LogP contribution in [0.5, 0.6) is 5.75 Å². The Morgan fingerprint density at radius 1 is 1.12 bits per heavy atom. The molecule has 168 valence electrons. The molecule has 5 rings (SSSR count). The standard InChI is InChI=1S/C26H24ClN3O3/c1-2-25(31)29-9-10-30-18(15-29)8-11-33-24-14-21(23(27)13-22(24)26(30)32)19-5-3-4-16-6-7-17(28)12-20(16)19/h2-7,12-14,18H,1,8-11,15,28H2/t18-/m0/s1. The highest BCUT2D eigenvalue weighted by atomic mass is 35.5. The molecule has 0 aliphatic carbocycles. The van der Waals surface area contributed by atoms with Gasteiger partial charge in [0.05, 0.1) is 18.2 Å². The number of halogens is 1. The molecule has 2 amide bonds. The van der Waals surface area contributed by atoms with Crippen molar-refractivity contribution in [2.24, 2.45) is 0 Å². The summed E-state index contributed by atoms with van der Waals surface area (Å²) in [5, 5.41) is 2.51. The number of nitrogen functional groups attached to an aromatic ring is 1. The van der Waals surface area contributed by atoms with E-state index in [0.29, 0.717) is 54.7 Å². The largest absolute Gasteiger partial charge is 0.493 e. The van der Waals surface area contributed by atoms with Gasteiger partial charge in [-0.15, -0.1) is 0 Å². The minimum absolute atomic E-state index is 0.109. The molecule has 2 heterocycles. The van der Waals surface area contributed by atoms with E-state index in [9.17, 15) is 9.59 Å². The van der Waals surface area contributed by atoms with Gasteiger partial charge in [0.15, 0.2) is 0 Å². The quantitative estimate of drug-likeness (QED) is 0.454. The highest BCUT2D eigenvalue weighted by Crippen LogP contribution is 2.39. The Bertz CT molecular complexity index is 1290. The van der Waals surface area contributed by atoms with Gasteiger partial charge < -0.3 is 20.3 Å². The van der Waals surface area contributed by atoms with Crippen LogP contribution in [0.15, 0.2) is 61.2 Å². The summed E-state index contributed by atoms with van der Waals surface area (Å²) >= 11 is 6.73. The molecule has 1 saturated heterocycles. The van der Waals surface area contributed by atoms with E-state index < -0.39 is 0 Å². The van der Waals surface area contributed by atoms with Crippen molar-refractivity contribution in [2.75, 3.05) is 32.0 Å². The summed E-state index contributed by atoms with van der Waals surface area (Å²) in [5.41, 5.74) is 8.87. The fraction of sp³-hybridized carbons (Fsp3) is 0.231. The zero-order valence-corrected chi connectivity index (χ0v) is 18.8. The summed E-state index contributed by atoms with van der Waals surface area (Å²) in [5.74, 6) is 0.272. The van der Waals surface area contributed by atoms with Gasteiger partial charge in [0.1, 0.15) is 5.75 Å². The van der Waals surface area contributed by atoms with E-state index in [1.54, 1.807) is 11.0 Å². The lowest BCUT2D eigenvalue weighted by molar-refractivity contribution is -0.128. The van der Waals surface area contributed by atoms with Crippen molar-refractivity contribution in [3.8, 4) is 16.9 Å². The number of rotatable bonds is 2. The maximum atomic E-state index is 13.5. The number of nitrogens with two attached hydrogens (primary N) is 1. The number of carbonyl (C=O) groups excluding carboxylic acids is 2. The fourth-order valence-electron chi connectivity index (χ4n) is 4.73. The number of anilines is 1. The first-order valence-electron chi connectivity index (χ1n) is 10.9. The van der Waals surface area contributed by atoms with Gasteiger partial charge in [-0.05, 0) is 46.7 Å². The van der Waals surface area contributed by atoms with Gasteiger partial charge in [-0.2, -0.15) is 0 Å². The molecule has 1 fully saturated rings. The van der Waals surface area contributed by atoms with Crippen LogP contribution in [0.1, 0.15) is 16.8 Å². The van der Waals surface area contributed by atoms with Crippen molar-refractivity contribution in [3.05, 3.63) is 71.8 Å². The molecule has 7 heteroatoms. The smallest absolute Gasteiger partial charge is 0.258 e. The average molecular weight is 462 g/mol. The Morgan fingerprint density at radius 3 is 2.79 bits per heavy atom. The number of ether oxygens (including phenoxy) is 1. The lowest BCUT2D eigenvalue weighted by atomic mass is 9.95. The van der Waals surface area contributed by atoms with Gasteiger partial charge in [0.25, 0.3) is 5.91 Å². The molecule has 6 nitrogen and oxygen atoms in total. The summed E-state index contributed by atoms with van der Waals surface area (Å²) in [4.78, 5) is 29.1. The fourth-order valence-corrected chi connectivity index (χ4v) is 5.00. The molecule has 0 unspecified atom stereocenters. The van der Waals surface area contributed by atoms with E-state index >= 15 is 0 Å². The van der Waals surface area contributed by atoms with Gasteiger partial charge in [-0.25, -0.2) is 0 Å². The third-order valence-corrected chi connectivity index (χ3v) is 6.75. The highest BCUT2D eigenvalue weighted by Gasteiger charge is 2.35. The van der Waals surface area contributed by atoms with Gasteiger partial charge in [-0.3, -0.25) is 9.59 Å². The lowest BCUT2D eigenvalue weighted by Crippen LogP contribution is -2.57. The maximum Gasteiger partial charge on any atom is 0.258 e. The van der Waals surface area contributed by atoms with Crippen molar-refractivity contribution < 1.29 is 14.3 Å². The minimum Gasteiger partial charge on any atom is -0.493 e. The van der Waals surface area contributed by atoms with Crippen LogP contribution in [0, 0.1) is 0 Å². The summed E-state index contributed by atoms with van der Waals surface area (Å²) < 4.78 is 6.07. The van der Waals surface area contributed by atoms with Crippen molar-refractivity contribution >= 4 is 39.9 Å². The van der Waals surface area contributed by atoms with Crippen molar-refractivity contribution in [3.63, 3.8) is 0 Å². The van der Waals surface area contributed by atoms with Crippen LogP contribution in [0.4, 0.5) is 5.69 Å². The zero-order valence-electron chi connectivity index (χ0n) is 18.1. The average Bonchev–Trinajstić information content (AvgIpc) is 2.82. The molecule has 0 aromatic heterocycles. The SMILES string of the molecule is C=CC(=O)N1CCN2C(=O)c3cc(Cl)c(-c4cccc5ccc(N)cc45)cc3OCC[C@H]2C1. The first-order chi connectivity index (χ1) is 16.0. The Labute approximate surface area is 197 Å². The number of carbonyl (C=O) groups is 2. The molecule has 2 aliphatic heterocycles. The van der Waals surface area contributed by atoms with Crippen LogP contribution in [0.25, 0.3) is 21.9 Å². The van der Waals surface area contributed by atoms with Crippen LogP contribution in [0.3, 0.4) is 0 Å². The number of piperazine rings is 1. The second kappa shape index (κ2) is 8.45. The van der Waals surface area contributed by atoms with Crippen LogP contribution in [-0.2, 0) is 4.79 Å². The summed E-state index contributed by atoms with van der Waals surface area (Å²) in [6, 6.07) is 15.2. The number of nitrogens with zero attached hydrogens (tertiary/aromatic N) is 2. The second-order valence-electron chi connectivity index (χ2n) is 8.39. The normalized spacial score (nSPS) is 18.1. The number of hydrogen-bond acceptors (Lipinski definition) is 4. The van der Waals surface area contributed by atoms with Gasteiger partial charge in [-0.1, -0.05) is 42.4 Å². The third-order valence-electron chi connectivity index (χ3n) is 6.43. The van der Waals surface area contributed by atoms with E-state index in [1.807, 2.05) is 47.4 Å². The molecule has 0 bridgehead atoms. The first-order valence-corrected chi connectivity index (χ1v) is 11.3. The van der Waals surface area contributed by atoms with E-state index in [1.165, 1.54) is 6.08 Å². The molecule has 3 aromatic rings. The van der Waals surface area contributed by atoms with Gasteiger partial charge in [0, 0.05) is 42.3 Å². The van der Waals surface area contributed by atoms with E-state index in [2.05, 4.69) is 6.58 Å². The van der Waals surface area contributed by atoms with Crippen molar-refractivity contribution in [2.45, 2.75) is 12.5 Å². The number of fused-ring (bicyclic) bond motifs is 3. The Hall–Kier alpha value is -3.51. The maximum absolute atomic E-state index is 13.5. The van der Waals surface area contributed by atoms with Crippen molar-refractivity contribution in [1.29, 1.82) is 0 Å². The second-order valence-corrected chi connectivity index (χ2v) is 8.80. The molecule has 1 atom stereocenters. The van der Waals surface area contributed by atoms with Gasteiger partial charge in [0.2, 0.25) is 5.91 Å². The molecule has 0 saturated carbocycles. The Morgan fingerprint density at radius 2 is 1.97 bits per heavy atom. The lowest BCUT2D eigenvalue weighted by Gasteiger charge is -2.42. The van der Waals surface area contributed by atoms with Crippen molar-refractivity contribution in [1.82, 2.24) is 9.80 Å². The van der Waals surface area contributed by atoms with Crippen LogP contribution < -0.4 is 10.5 Å². The molecule has 0 radical (unpaired) electrons. The molecule has 3 aromatic carbocycles. The van der Waals surface area contributed by atoms with Crippen LogP contribution in [0.2, 0.25) is 5.02 Å².